The summed E-state index contributed by atoms with van der Waals surface area (Å²) in [7, 11) is 0. The predicted molar refractivity (Wildman–Crippen MR) is 117 cm³/mol. The first-order chi connectivity index (χ1) is 15.3. The molecular formula is C23H21NO8. The molecule has 1 heterocycles. The number of allylic oxidation sites excluding steroid dienone is 8. The van der Waals surface area contributed by atoms with Gasteiger partial charge in [-0.1, -0.05) is 42.5 Å². The van der Waals surface area contributed by atoms with Gasteiger partial charge in [-0.3, -0.25) is 9.15 Å². The monoisotopic (exact) mass is 439 g/mol. The number of aromatic hydroxyl groups is 6. The van der Waals surface area contributed by atoms with E-state index in [1.165, 1.54) is 0 Å². The summed E-state index contributed by atoms with van der Waals surface area (Å²) in [5.74, 6) is -4.35. The Hall–Kier alpha value is -4.40. The van der Waals surface area contributed by atoms with Crippen molar-refractivity contribution in [3.63, 3.8) is 0 Å². The number of aromatic amines is 1. The first-order valence-corrected chi connectivity index (χ1v) is 9.65. The molecule has 0 saturated carbocycles. The van der Waals surface area contributed by atoms with Crippen LogP contribution >= 0.6 is 0 Å². The molecule has 3 aromatic rings. The second-order valence-corrected chi connectivity index (χ2v) is 7.23. The number of H-pyrrole nitrogens is 1. The van der Waals surface area contributed by atoms with Crippen molar-refractivity contribution in [2.24, 2.45) is 0 Å². The molecule has 9 nitrogen and oxygen atoms in total. The zero-order chi connectivity index (χ0) is 23.2. The van der Waals surface area contributed by atoms with Crippen LogP contribution in [0.1, 0.15) is 30.9 Å². The van der Waals surface area contributed by atoms with Crippen LogP contribution in [0.5, 0.6) is 34.5 Å². The molecule has 0 aliphatic heterocycles. The first kappa shape index (κ1) is 20.9. The number of phenols is 6. The Bertz CT molecular complexity index is 1390. The minimum atomic E-state index is -0.700. The highest BCUT2D eigenvalue weighted by Gasteiger charge is 2.27. The van der Waals surface area contributed by atoms with Crippen molar-refractivity contribution in [2.45, 2.75) is 19.8 Å². The van der Waals surface area contributed by atoms with Crippen molar-refractivity contribution in [1.82, 2.24) is 4.98 Å². The minimum Gasteiger partial charge on any atom is -0.504 e. The lowest BCUT2D eigenvalue weighted by Gasteiger charge is -2.14. The zero-order valence-electron chi connectivity index (χ0n) is 17.1. The van der Waals surface area contributed by atoms with Gasteiger partial charge >= 0.3 is 0 Å². The number of fused-ring (bicyclic) bond motifs is 2. The Kier molecular flexibility index (Phi) is 5.01. The quantitative estimate of drug-likeness (QED) is 0.166. The molecule has 0 spiro atoms. The highest BCUT2D eigenvalue weighted by atomic mass is 17.0. The number of rotatable bonds is 2. The number of phenolic OH excluding ortho intramolecular Hbond substituents is 6. The Morgan fingerprint density at radius 2 is 1.28 bits per heavy atom. The third-order valence-electron chi connectivity index (χ3n) is 5.38. The summed E-state index contributed by atoms with van der Waals surface area (Å²) >= 11 is 0. The molecule has 1 aromatic heterocycles. The van der Waals surface area contributed by atoms with E-state index in [9.17, 15) is 30.6 Å². The topological polar surface area (TPSA) is 163 Å². The van der Waals surface area contributed by atoms with Crippen LogP contribution in [0.15, 0.2) is 51.7 Å². The molecule has 0 radical (unpaired) electrons. The lowest BCUT2D eigenvalue weighted by atomic mass is 9.95. The molecule has 2 aromatic carbocycles. The summed E-state index contributed by atoms with van der Waals surface area (Å²) in [5.41, 5.74) is -1.17. The fourth-order valence-corrected chi connectivity index (χ4v) is 3.58. The maximum absolute atomic E-state index is 10.9. The van der Waals surface area contributed by atoms with Crippen molar-refractivity contribution in [1.29, 1.82) is 0 Å². The highest BCUT2D eigenvalue weighted by molar-refractivity contribution is 5.98. The van der Waals surface area contributed by atoms with E-state index in [2.05, 4.69) is 4.98 Å². The van der Waals surface area contributed by atoms with Crippen molar-refractivity contribution < 1.29 is 39.8 Å². The SMILES string of the molecule is C/C=C(\C)c1c(O)c(O)c2[nH]c3c(O)c(O)c(C4C=CC=CC=C4)c(O)c3ooc2c1O. The third-order valence-corrected chi connectivity index (χ3v) is 5.38. The van der Waals surface area contributed by atoms with Gasteiger partial charge in [0.05, 0.1) is 11.1 Å². The summed E-state index contributed by atoms with van der Waals surface area (Å²) in [6.07, 6.45) is 11.9. The largest absolute Gasteiger partial charge is 0.504 e. The van der Waals surface area contributed by atoms with E-state index < -0.39 is 51.6 Å². The summed E-state index contributed by atoms with van der Waals surface area (Å²) in [4.78, 5) is 2.57. The Balaban J connectivity index is 2.14. The zero-order valence-corrected chi connectivity index (χ0v) is 17.1. The van der Waals surface area contributed by atoms with E-state index in [0.717, 1.165) is 0 Å². The predicted octanol–water partition coefficient (Wildman–Crippen LogP) is 5.05. The molecule has 4 rings (SSSR count). The minimum absolute atomic E-state index is 0.0458. The van der Waals surface area contributed by atoms with E-state index >= 15 is 0 Å². The summed E-state index contributed by atoms with van der Waals surface area (Å²) in [5, 5.41) is 63.8. The summed E-state index contributed by atoms with van der Waals surface area (Å²) in [6, 6.07) is 0. The van der Waals surface area contributed by atoms with Crippen LogP contribution in [0.25, 0.3) is 27.8 Å². The van der Waals surface area contributed by atoms with Gasteiger partial charge in [-0.25, -0.2) is 0 Å². The van der Waals surface area contributed by atoms with Crippen LogP contribution in [0.2, 0.25) is 0 Å². The van der Waals surface area contributed by atoms with Crippen LogP contribution in [0.3, 0.4) is 0 Å². The van der Waals surface area contributed by atoms with E-state index in [1.54, 1.807) is 56.4 Å². The smallest absolute Gasteiger partial charge is 0.248 e. The lowest BCUT2D eigenvalue weighted by Crippen LogP contribution is -1.95. The third kappa shape index (κ3) is 3.02. The molecule has 0 amide bonds. The molecule has 166 valence electrons. The molecule has 1 aliphatic rings. The Labute approximate surface area is 181 Å². The van der Waals surface area contributed by atoms with Crippen LogP contribution in [-0.2, 0) is 0 Å². The van der Waals surface area contributed by atoms with Crippen LogP contribution in [0.4, 0.5) is 0 Å². The van der Waals surface area contributed by atoms with Gasteiger partial charge in [0, 0.05) is 5.92 Å². The second kappa shape index (κ2) is 7.69. The molecular weight excluding hydrogens is 418 g/mol. The second-order valence-electron chi connectivity index (χ2n) is 7.23. The standard InChI is InChI=1S/C23H21NO8/c1-3-10(2)12-16(25)20(29)14-22(18(12)27)31-32-23-15(24-14)21(30)17(26)13(19(23)28)11-8-6-4-5-7-9-11/h3-9,11,24-30H,1-2H3/b10-3+. The summed E-state index contributed by atoms with van der Waals surface area (Å²) in [6.45, 7) is 3.28. The molecule has 0 unspecified atom stereocenters. The lowest BCUT2D eigenvalue weighted by molar-refractivity contribution is 0.0874. The van der Waals surface area contributed by atoms with Gasteiger partial charge in [-0.2, -0.15) is 0 Å². The molecule has 1 aliphatic carbocycles. The van der Waals surface area contributed by atoms with Crippen LogP contribution in [0, 0.1) is 0 Å². The van der Waals surface area contributed by atoms with E-state index in [-0.39, 0.29) is 22.2 Å². The average Bonchev–Trinajstić information content (AvgIpc) is 3.16. The normalized spacial score (nSPS) is 14.4. The number of hydrogen-bond acceptors (Lipinski definition) is 8. The summed E-state index contributed by atoms with van der Waals surface area (Å²) < 4.78 is 10.4. The number of benzene rings is 2. The Morgan fingerprint density at radius 1 is 0.750 bits per heavy atom. The van der Waals surface area contributed by atoms with Gasteiger partial charge in [0.1, 0.15) is 11.0 Å². The van der Waals surface area contributed by atoms with Gasteiger partial charge in [0.15, 0.2) is 34.5 Å². The molecule has 0 saturated heterocycles. The Morgan fingerprint density at radius 3 is 1.84 bits per heavy atom. The van der Waals surface area contributed by atoms with Gasteiger partial charge in [0.25, 0.3) is 0 Å². The van der Waals surface area contributed by atoms with E-state index in [4.69, 9.17) is 9.15 Å². The molecule has 32 heavy (non-hydrogen) atoms. The maximum atomic E-state index is 10.9. The van der Waals surface area contributed by atoms with Gasteiger partial charge in [0.2, 0.25) is 11.2 Å². The van der Waals surface area contributed by atoms with Crippen molar-refractivity contribution in [2.75, 3.05) is 0 Å². The fourth-order valence-electron chi connectivity index (χ4n) is 3.58. The molecule has 0 atom stereocenters. The number of nitrogens with one attached hydrogen (secondary N) is 1. The van der Waals surface area contributed by atoms with Crippen molar-refractivity contribution in [3.05, 3.63) is 53.7 Å². The molecule has 0 bridgehead atoms. The van der Waals surface area contributed by atoms with Gasteiger partial charge in [-0.05, 0) is 19.4 Å². The molecule has 0 fully saturated rings. The first-order valence-electron chi connectivity index (χ1n) is 9.65. The number of hydrogen-bond donors (Lipinski definition) is 7. The van der Waals surface area contributed by atoms with Crippen molar-refractivity contribution >= 4 is 27.8 Å². The van der Waals surface area contributed by atoms with Crippen molar-refractivity contribution in [3.8, 4) is 34.5 Å². The molecule has 7 N–H and O–H groups in total. The van der Waals surface area contributed by atoms with Gasteiger partial charge < -0.3 is 35.6 Å². The van der Waals surface area contributed by atoms with Gasteiger partial charge in [-0.15, -0.1) is 0 Å². The highest BCUT2D eigenvalue weighted by Crippen LogP contribution is 2.50. The number of aromatic nitrogens is 1. The van der Waals surface area contributed by atoms with Crippen LogP contribution < -0.4 is 0 Å². The average molecular weight is 439 g/mol. The van der Waals surface area contributed by atoms with E-state index in [1.807, 2.05) is 0 Å². The maximum Gasteiger partial charge on any atom is 0.248 e. The van der Waals surface area contributed by atoms with Crippen LogP contribution in [-0.4, -0.2) is 35.6 Å². The molecule has 9 heteroatoms. The van der Waals surface area contributed by atoms with E-state index in [0.29, 0.717) is 5.57 Å². The fraction of sp³-hybridized carbons (Fsp3) is 0.130.